The first-order valence-electron chi connectivity index (χ1n) is 9.14. The molecule has 0 saturated carbocycles. The summed E-state index contributed by atoms with van der Waals surface area (Å²) in [5, 5.41) is 12.2. The van der Waals surface area contributed by atoms with E-state index in [-0.39, 0.29) is 11.7 Å². The van der Waals surface area contributed by atoms with Gasteiger partial charge in [-0.15, -0.1) is 10.2 Å². The van der Waals surface area contributed by atoms with Crippen LogP contribution in [-0.2, 0) is 17.9 Å². The molecule has 0 atom stereocenters. The predicted molar refractivity (Wildman–Crippen MR) is 109 cm³/mol. The van der Waals surface area contributed by atoms with Gasteiger partial charge in [0.1, 0.15) is 11.5 Å². The molecule has 0 fully saturated rings. The van der Waals surface area contributed by atoms with Crippen LogP contribution in [0.4, 0.5) is 0 Å². The number of carbonyl (C=O) groups excluding carboxylic acids is 1. The van der Waals surface area contributed by atoms with Gasteiger partial charge in [0, 0.05) is 0 Å². The lowest BCUT2D eigenvalue weighted by atomic mass is 10.2. The highest BCUT2D eigenvalue weighted by molar-refractivity contribution is 7.99. The third-order valence-electron chi connectivity index (χ3n) is 4.37. The quantitative estimate of drug-likeness (QED) is 0.445. The Hall–Kier alpha value is -3.26. The molecule has 3 heterocycles. The zero-order chi connectivity index (χ0) is 20.1. The number of hydrogen-bond acceptors (Lipinski definition) is 6. The van der Waals surface area contributed by atoms with E-state index < -0.39 is 0 Å². The fraction of sp³-hybridized carbons (Fsp3) is 0.190. The lowest BCUT2D eigenvalue weighted by Crippen LogP contribution is -2.24. The summed E-state index contributed by atoms with van der Waals surface area (Å²) in [6, 6.07) is 15.6. The van der Waals surface area contributed by atoms with Crippen LogP contribution in [-0.4, -0.2) is 26.4 Å². The lowest BCUT2D eigenvalue weighted by molar-refractivity contribution is -0.118. The molecule has 7 nitrogen and oxygen atoms in total. The maximum absolute atomic E-state index is 12.2. The van der Waals surface area contributed by atoms with Crippen LogP contribution in [0.1, 0.15) is 17.1 Å². The molecule has 0 saturated heterocycles. The van der Waals surface area contributed by atoms with Gasteiger partial charge in [-0.3, -0.25) is 9.36 Å². The van der Waals surface area contributed by atoms with Gasteiger partial charge >= 0.3 is 0 Å². The molecular weight excluding hydrogens is 388 g/mol. The van der Waals surface area contributed by atoms with Crippen LogP contribution in [0.25, 0.3) is 11.4 Å². The first kappa shape index (κ1) is 19.1. The molecular formula is C21H20N4O3S. The zero-order valence-corrected chi connectivity index (χ0v) is 16.7. The number of nitrogens with zero attached hydrogens (tertiary/aromatic N) is 3. The summed E-state index contributed by atoms with van der Waals surface area (Å²) >= 11 is 1.35. The van der Waals surface area contributed by atoms with Crippen molar-refractivity contribution in [2.45, 2.75) is 25.2 Å². The number of amides is 1. The van der Waals surface area contributed by atoms with Crippen LogP contribution >= 0.6 is 11.8 Å². The van der Waals surface area contributed by atoms with Gasteiger partial charge in [0.25, 0.3) is 0 Å². The van der Waals surface area contributed by atoms with E-state index >= 15 is 0 Å². The smallest absolute Gasteiger partial charge is 0.230 e. The van der Waals surface area contributed by atoms with Crippen LogP contribution < -0.4 is 5.32 Å². The number of aromatic nitrogens is 3. The number of nitrogens with one attached hydrogen (secondary N) is 1. The molecule has 0 bridgehead atoms. The van der Waals surface area contributed by atoms with Crippen molar-refractivity contribution in [2.24, 2.45) is 0 Å². The van der Waals surface area contributed by atoms with Gasteiger partial charge in [0.2, 0.25) is 5.91 Å². The van der Waals surface area contributed by atoms with Gasteiger partial charge in [-0.2, -0.15) is 0 Å². The van der Waals surface area contributed by atoms with Crippen LogP contribution in [0.15, 0.2) is 75.0 Å². The van der Waals surface area contributed by atoms with E-state index in [0.717, 1.165) is 22.7 Å². The van der Waals surface area contributed by atoms with E-state index in [1.165, 1.54) is 11.8 Å². The molecule has 0 aliphatic rings. The Morgan fingerprint density at radius 2 is 1.93 bits per heavy atom. The van der Waals surface area contributed by atoms with Crippen LogP contribution in [0, 0.1) is 6.92 Å². The zero-order valence-electron chi connectivity index (χ0n) is 15.9. The van der Waals surface area contributed by atoms with Gasteiger partial charge in [-0.1, -0.05) is 42.1 Å². The van der Waals surface area contributed by atoms with Gasteiger partial charge in [0.15, 0.2) is 11.0 Å². The number of hydrogen-bond donors (Lipinski definition) is 1. The number of aryl methyl sites for hydroxylation is 1. The molecule has 0 aliphatic heterocycles. The van der Waals surface area contributed by atoms with E-state index in [4.69, 9.17) is 8.83 Å². The molecule has 29 heavy (non-hydrogen) atoms. The maximum Gasteiger partial charge on any atom is 0.230 e. The molecule has 4 rings (SSSR count). The second kappa shape index (κ2) is 8.83. The molecule has 0 spiro atoms. The molecule has 3 aromatic heterocycles. The molecule has 148 valence electrons. The number of furan rings is 2. The normalized spacial score (nSPS) is 10.9. The fourth-order valence-corrected chi connectivity index (χ4v) is 3.67. The van der Waals surface area contributed by atoms with Crippen LogP contribution in [0.5, 0.6) is 0 Å². The summed E-state index contributed by atoms with van der Waals surface area (Å²) in [4.78, 5) is 12.2. The monoisotopic (exact) mass is 408 g/mol. The number of rotatable bonds is 8. The Labute approximate surface area is 172 Å². The SMILES string of the molecule is Cc1occc1-c1nnc(SCC(=O)NCc2ccco2)n1Cc1ccccc1. The van der Waals surface area contributed by atoms with Gasteiger partial charge < -0.3 is 14.2 Å². The second-order valence-electron chi connectivity index (χ2n) is 6.41. The topological polar surface area (TPSA) is 86.1 Å². The van der Waals surface area contributed by atoms with Gasteiger partial charge in [-0.05, 0) is 30.7 Å². The average Bonchev–Trinajstić information content (AvgIpc) is 3.47. The molecule has 8 heteroatoms. The Morgan fingerprint density at radius 3 is 2.66 bits per heavy atom. The fourth-order valence-electron chi connectivity index (χ4n) is 2.90. The van der Waals surface area contributed by atoms with Crippen molar-refractivity contribution in [1.29, 1.82) is 0 Å². The Bertz CT molecular complexity index is 1070. The highest BCUT2D eigenvalue weighted by atomic mass is 32.2. The van der Waals surface area contributed by atoms with Crippen molar-refractivity contribution in [3.8, 4) is 11.4 Å². The molecule has 0 unspecified atom stereocenters. The minimum absolute atomic E-state index is 0.0956. The first-order chi connectivity index (χ1) is 14.2. The van der Waals surface area contributed by atoms with Crippen molar-refractivity contribution in [3.05, 3.63) is 78.1 Å². The summed E-state index contributed by atoms with van der Waals surface area (Å²) in [6.07, 6.45) is 3.22. The van der Waals surface area contributed by atoms with Crippen molar-refractivity contribution in [2.75, 3.05) is 5.75 Å². The highest BCUT2D eigenvalue weighted by Crippen LogP contribution is 2.27. The van der Waals surface area contributed by atoms with Crippen molar-refractivity contribution in [3.63, 3.8) is 0 Å². The molecule has 1 amide bonds. The van der Waals surface area contributed by atoms with Crippen molar-refractivity contribution in [1.82, 2.24) is 20.1 Å². The molecule has 1 aromatic carbocycles. The second-order valence-corrected chi connectivity index (χ2v) is 7.36. The average molecular weight is 408 g/mol. The third kappa shape index (κ3) is 4.60. The maximum atomic E-state index is 12.2. The largest absolute Gasteiger partial charge is 0.469 e. The molecule has 0 aliphatic carbocycles. The van der Waals surface area contributed by atoms with E-state index in [1.54, 1.807) is 18.6 Å². The van der Waals surface area contributed by atoms with Gasteiger partial charge in [-0.25, -0.2) is 0 Å². The van der Waals surface area contributed by atoms with Gasteiger partial charge in [0.05, 0.1) is 36.9 Å². The Balaban J connectivity index is 1.50. The summed E-state index contributed by atoms with van der Waals surface area (Å²) in [7, 11) is 0. The van der Waals surface area contributed by atoms with Crippen LogP contribution in [0.2, 0.25) is 0 Å². The van der Waals surface area contributed by atoms with Crippen molar-refractivity contribution >= 4 is 17.7 Å². The number of carbonyl (C=O) groups is 1. The van der Waals surface area contributed by atoms with E-state index in [0.29, 0.717) is 24.0 Å². The van der Waals surface area contributed by atoms with E-state index in [1.807, 2.05) is 41.8 Å². The lowest BCUT2D eigenvalue weighted by Gasteiger charge is -2.10. The van der Waals surface area contributed by atoms with Crippen LogP contribution in [0.3, 0.4) is 0 Å². The standard InChI is InChI=1S/C21H20N4O3S/c1-15-18(9-11-27-15)20-23-24-21(25(20)13-16-6-3-2-4-7-16)29-14-19(26)22-12-17-8-5-10-28-17/h2-11H,12-14H2,1H3,(H,22,26). The predicted octanol–water partition coefficient (Wildman–Crippen LogP) is 3.90. The molecule has 0 radical (unpaired) electrons. The molecule has 1 N–H and O–H groups in total. The number of thioether (sulfide) groups is 1. The van der Waals surface area contributed by atoms with E-state index in [2.05, 4.69) is 27.6 Å². The minimum Gasteiger partial charge on any atom is -0.469 e. The summed E-state index contributed by atoms with van der Waals surface area (Å²) < 4.78 is 12.7. The highest BCUT2D eigenvalue weighted by Gasteiger charge is 2.18. The molecule has 4 aromatic rings. The third-order valence-corrected chi connectivity index (χ3v) is 5.34. The minimum atomic E-state index is -0.0956. The van der Waals surface area contributed by atoms with E-state index in [9.17, 15) is 4.79 Å². The summed E-state index contributed by atoms with van der Waals surface area (Å²) in [5.41, 5.74) is 2.02. The van der Waals surface area contributed by atoms with Crippen molar-refractivity contribution < 1.29 is 13.6 Å². The first-order valence-corrected chi connectivity index (χ1v) is 10.1. The summed E-state index contributed by atoms with van der Waals surface area (Å²) in [5.74, 6) is 2.35. The Kier molecular flexibility index (Phi) is 5.81. The Morgan fingerprint density at radius 1 is 1.07 bits per heavy atom. The number of benzene rings is 1. The summed E-state index contributed by atoms with van der Waals surface area (Å²) in [6.45, 7) is 2.86.